The van der Waals surface area contributed by atoms with Crippen LogP contribution in [0.25, 0.3) is 0 Å². The fraction of sp³-hybridized carbons (Fsp3) is 0.190. The van der Waals surface area contributed by atoms with E-state index in [2.05, 4.69) is 23.7 Å². The van der Waals surface area contributed by atoms with Gasteiger partial charge in [-0.1, -0.05) is 24.3 Å². The van der Waals surface area contributed by atoms with Gasteiger partial charge in [0.1, 0.15) is 4.90 Å². The zero-order chi connectivity index (χ0) is 23.0. The molecule has 9 nitrogen and oxygen atoms in total. The predicted molar refractivity (Wildman–Crippen MR) is 124 cm³/mol. The van der Waals surface area contributed by atoms with Gasteiger partial charge in [-0.25, -0.2) is 8.42 Å². The first-order valence-electron chi connectivity index (χ1n) is 9.27. The van der Waals surface area contributed by atoms with E-state index in [0.717, 1.165) is 21.6 Å². The van der Waals surface area contributed by atoms with Gasteiger partial charge in [0.2, 0.25) is 10.0 Å². The maximum absolute atomic E-state index is 13.2. The number of hydrogen-bond donors (Lipinski definition) is 1. The van der Waals surface area contributed by atoms with Gasteiger partial charge in [0.15, 0.2) is 0 Å². The summed E-state index contributed by atoms with van der Waals surface area (Å²) in [5, 5.41) is 15.3. The second-order valence-electron chi connectivity index (χ2n) is 6.69. The zero-order valence-corrected chi connectivity index (χ0v) is 18.2. The van der Waals surface area contributed by atoms with Gasteiger partial charge in [-0.15, -0.1) is 13.2 Å². The first kappa shape index (κ1) is 23.8. The largest absolute Gasteiger partial charge is 0.378 e. The molecule has 0 bridgehead atoms. The zero-order valence-electron chi connectivity index (χ0n) is 17.4. The first-order valence-corrected chi connectivity index (χ1v) is 10.7. The Hall–Kier alpha value is -3.50. The number of sulfonamides is 1. The smallest absolute Gasteiger partial charge is 0.270 e. The number of hydrogen-bond acceptors (Lipinski definition) is 7. The SMILES string of the molecule is C=CCN(CC=C)S(=O)(=O)c1cc([N+](=O)[O-])ccc1N/N=C\c1ccc(N(C)C)cc1. The molecule has 10 heteroatoms. The molecule has 0 aliphatic heterocycles. The highest BCUT2D eigenvalue weighted by atomic mass is 32.2. The molecule has 0 saturated heterocycles. The molecule has 0 atom stereocenters. The van der Waals surface area contributed by atoms with Gasteiger partial charge in [0, 0.05) is 45.0 Å². The van der Waals surface area contributed by atoms with Crippen molar-refractivity contribution in [1.82, 2.24) is 4.31 Å². The lowest BCUT2D eigenvalue weighted by molar-refractivity contribution is -0.385. The number of nitrogens with one attached hydrogen (secondary N) is 1. The number of nitrogens with zero attached hydrogens (tertiary/aromatic N) is 4. The van der Waals surface area contributed by atoms with E-state index in [1.165, 1.54) is 30.5 Å². The van der Waals surface area contributed by atoms with Crippen molar-refractivity contribution in [3.8, 4) is 0 Å². The average Bonchev–Trinajstić information content (AvgIpc) is 2.74. The van der Waals surface area contributed by atoms with Crippen molar-refractivity contribution in [2.45, 2.75) is 4.90 Å². The second kappa shape index (κ2) is 10.5. The molecule has 0 radical (unpaired) electrons. The van der Waals surface area contributed by atoms with Crippen LogP contribution in [0.2, 0.25) is 0 Å². The van der Waals surface area contributed by atoms with Crippen LogP contribution in [0.3, 0.4) is 0 Å². The van der Waals surface area contributed by atoms with Crippen LogP contribution in [0.4, 0.5) is 17.1 Å². The number of anilines is 2. The van der Waals surface area contributed by atoms with Gasteiger partial charge < -0.3 is 4.90 Å². The Labute approximate surface area is 182 Å². The number of nitro benzene ring substituents is 1. The third-order valence-corrected chi connectivity index (χ3v) is 6.14. The number of rotatable bonds is 11. The summed E-state index contributed by atoms with van der Waals surface area (Å²) >= 11 is 0. The molecule has 164 valence electrons. The maximum Gasteiger partial charge on any atom is 0.270 e. The summed E-state index contributed by atoms with van der Waals surface area (Å²) in [7, 11) is -0.210. The van der Waals surface area contributed by atoms with Gasteiger partial charge in [0.05, 0.1) is 16.8 Å². The molecule has 2 rings (SSSR count). The van der Waals surface area contributed by atoms with E-state index < -0.39 is 14.9 Å². The van der Waals surface area contributed by atoms with Gasteiger partial charge in [-0.05, 0) is 23.8 Å². The monoisotopic (exact) mass is 443 g/mol. The highest BCUT2D eigenvalue weighted by molar-refractivity contribution is 7.89. The highest BCUT2D eigenvalue weighted by Crippen LogP contribution is 2.29. The van der Waals surface area contributed by atoms with E-state index in [1.807, 2.05) is 43.3 Å². The molecule has 0 heterocycles. The van der Waals surface area contributed by atoms with E-state index in [-0.39, 0.29) is 29.4 Å². The van der Waals surface area contributed by atoms with E-state index >= 15 is 0 Å². The minimum Gasteiger partial charge on any atom is -0.378 e. The molecular weight excluding hydrogens is 418 g/mol. The van der Waals surface area contributed by atoms with Crippen molar-refractivity contribution >= 4 is 33.3 Å². The maximum atomic E-state index is 13.2. The third-order valence-electron chi connectivity index (χ3n) is 4.27. The summed E-state index contributed by atoms with van der Waals surface area (Å²) in [6, 6.07) is 11.1. The van der Waals surface area contributed by atoms with Crippen LogP contribution in [0.1, 0.15) is 5.56 Å². The number of benzene rings is 2. The summed E-state index contributed by atoms with van der Waals surface area (Å²) in [5.41, 5.74) is 4.28. The van der Waals surface area contributed by atoms with Gasteiger partial charge in [0.25, 0.3) is 5.69 Å². The molecule has 0 unspecified atom stereocenters. The Bertz CT molecular complexity index is 1070. The summed E-state index contributed by atoms with van der Waals surface area (Å²) in [6.07, 6.45) is 4.39. The summed E-state index contributed by atoms with van der Waals surface area (Å²) < 4.78 is 27.4. The molecule has 0 saturated carbocycles. The van der Waals surface area contributed by atoms with Crippen LogP contribution < -0.4 is 10.3 Å². The van der Waals surface area contributed by atoms with E-state index in [9.17, 15) is 18.5 Å². The molecule has 0 fully saturated rings. The Morgan fingerprint density at radius 1 is 1.10 bits per heavy atom. The van der Waals surface area contributed by atoms with Crippen LogP contribution in [0.15, 0.2) is 77.8 Å². The van der Waals surface area contributed by atoms with Crippen molar-refractivity contribution in [3.05, 3.63) is 83.5 Å². The number of nitro groups is 1. The van der Waals surface area contributed by atoms with Crippen molar-refractivity contribution in [1.29, 1.82) is 0 Å². The van der Waals surface area contributed by atoms with Crippen LogP contribution in [-0.4, -0.2) is 51.0 Å². The van der Waals surface area contributed by atoms with Gasteiger partial charge >= 0.3 is 0 Å². The molecule has 2 aromatic rings. The molecule has 0 aromatic heterocycles. The summed E-state index contributed by atoms with van der Waals surface area (Å²) in [5.74, 6) is 0. The lowest BCUT2D eigenvalue weighted by atomic mass is 10.2. The fourth-order valence-corrected chi connectivity index (χ4v) is 4.21. The van der Waals surface area contributed by atoms with Crippen LogP contribution in [0.5, 0.6) is 0 Å². The molecule has 0 aliphatic carbocycles. The Balaban J connectivity index is 2.39. The highest BCUT2D eigenvalue weighted by Gasteiger charge is 2.27. The molecule has 31 heavy (non-hydrogen) atoms. The molecule has 0 aliphatic rings. The van der Waals surface area contributed by atoms with Crippen LogP contribution in [0, 0.1) is 10.1 Å². The third kappa shape index (κ3) is 6.00. The molecular formula is C21H25N5O4S. The topological polar surface area (TPSA) is 108 Å². The molecule has 1 N–H and O–H groups in total. The van der Waals surface area contributed by atoms with Crippen molar-refractivity contribution < 1.29 is 13.3 Å². The summed E-state index contributed by atoms with van der Waals surface area (Å²) in [6.45, 7) is 7.19. The Morgan fingerprint density at radius 3 is 2.23 bits per heavy atom. The van der Waals surface area contributed by atoms with Crippen LogP contribution >= 0.6 is 0 Å². The quantitative estimate of drug-likeness (QED) is 0.247. The van der Waals surface area contributed by atoms with Gasteiger partial charge in [-0.2, -0.15) is 9.41 Å². The molecule has 0 amide bonds. The fourth-order valence-electron chi connectivity index (χ4n) is 2.66. The molecule has 0 spiro atoms. The number of hydrazone groups is 1. The molecule has 2 aromatic carbocycles. The van der Waals surface area contributed by atoms with Gasteiger partial charge in [-0.3, -0.25) is 15.5 Å². The van der Waals surface area contributed by atoms with E-state index in [1.54, 1.807) is 0 Å². The summed E-state index contributed by atoms with van der Waals surface area (Å²) in [4.78, 5) is 12.3. The first-order chi connectivity index (χ1) is 14.7. The lowest BCUT2D eigenvalue weighted by Crippen LogP contribution is -2.31. The Morgan fingerprint density at radius 2 is 1.71 bits per heavy atom. The number of non-ortho nitro benzene ring substituents is 1. The van der Waals surface area contributed by atoms with Crippen molar-refractivity contribution in [3.63, 3.8) is 0 Å². The van der Waals surface area contributed by atoms with E-state index in [4.69, 9.17) is 0 Å². The Kier molecular flexibility index (Phi) is 8.06. The van der Waals surface area contributed by atoms with Crippen LogP contribution in [-0.2, 0) is 10.0 Å². The van der Waals surface area contributed by atoms with Crippen molar-refractivity contribution in [2.24, 2.45) is 5.10 Å². The minimum atomic E-state index is -4.08. The van der Waals surface area contributed by atoms with E-state index in [0.29, 0.717) is 0 Å². The lowest BCUT2D eigenvalue weighted by Gasteiger charge is -2.20. The second-order valence-corrected chi connectivity index (χ2v) is 8.60. The standard InChI is InChI=1S/C21H25N5O4S/c1-5-13-25(14-6-2)31(29,30)21-15-19(26(27)28)11-12-20(21)23-22-16-17-7-9-18(10-8-17)24(3)4/h5-12,15-16,23H,1-2,13-14H2,3-4H3/b22-16-. The minimum absolute atomic E-state index is 0.0258. The average molecular weight is 444 g/mol. The van der Waals surface area contributed by atoms with Crippen molar-refractivity contribution in [2.75, 3.05) is 37.5 Å². The normalized spacial score (nSPS) is 11.5. The predicted octanol–water partition coefficient (Wildman–Crippen LogP) is 3.47.